The van der Waals surface area contributed by atoms with Gasteiger partial charge in [-0.1, -0.05) is 30.7 Å². The van der Waals surface area contributed by atoms with Crippen LogP contribution in [0.4, 0.5) is 5.69 Å². The maximum Gasteiger partial charge on any atom is 0.244 e. The molecule has 1 N–H and O–H groups in total. The van der Waals surface area contributed by atoms with Crippen LogP contribution in [0, 0.1) is 0 Å². The van der Waals surface area contributed by atoms with Gasteiger partial charge < -0.3 is 19.7 Å². The quantitative estimate of drug-likeness (QED) is 0.443. The summed E-state index contributed by atoms with van der Waals surface area (Å²) in [6.07, 6.45) is 1.73. The summed E-state index contributed by atoms with van der Waals surface area (Å²) in [4.78, 5) is 27.9. The number of carbonyl (C=O) groups excluding carboxylic acids is 2. The SMILES string of the molecule is CC[C@@H](C)NC(=O)[C@@H](C)N(Cc1ccc(Cl)cc1)C(=O)CN(c1ccc(OC)cc1OC)S(C)(=O)=O. The highest BCUT2D eigenvalue weighted by Crippen LogP contribution is 2.33. The van der Waals surface area contributed by atoms with Crippen LogP contribution in [0.15, 0.2) is 42.5 Å². The molecule has 0 saturated carbocycles. The minimum atomic E-state index is -3.90. The van der Waals surface area contributed by atoms with Crippen LogP contribution in [0.25, 0.3) is 0 Å². The van der Waals surface area contributed by atoms with Crippen LogP contribution in [0.3, 0.4) is 0 Å². The van der Waals surface area contributed by atoms with Gasteiger partial charge in [-0.15, -0.1) is 0 Å². The number of anilines is 1. The number of nitrogens with zero attached hydrogens (tertiary/aromatic N) is 2. The zero-order valence-corrected chi connectivity index (χ0v) is 23.0. The molecule has 0 saturated heterocycles. The predicted molar refractivity (Wildman–Crippen MR) is 141 cm³/mol. The van der Waals surface area contributed by atoms with Gasteiger partial charge in [0, 0.05) is 23.7 Å². The molecule has 0 bridgehead atoms. The Morgan fingerprint density at radius 1 is 1.06 bits per heavy atom. The van der Waals surface area contributed by atoms with Crippen LogP contribution in [0.2, 0.25) is 5.02 Å². The number of nitrogens with one attached hydrogen (secondary N) is 1. The van der Waals surface area contributed by atoms with Crippen molar-refractivity contribution >= 4 is 39.1 Å². The largest absolute Gasteiger partial charge is 0.497 e. The van der Waals surface area contributed by atoms with Crippen molar-refractivity contribution in [3.05, 3.63) is 53.1 Å². The van der Waals surface area contributed by atoms with E-state index in [2.05, 4.69) is 5.32 Å². The minimum Gasteiger partial charge on any atom is -0.497 e. The second-order valence-electron chi connectivity index (χ2n) is 8.45. The van der Waals surface area contributed by atoms with Gasteiger partial charge in [-0.05, 0) is 50.1 Å². The topological polar surface area (TPSA) is 105 Å². The number of rotatable bonds is 12. The Morgan fingerprint density at radius 3 is 2.22 bits per heavy atom. The molecule has 0 aromatic heterocycles. The second-order valence-corrected chi connectivity index (χ2v) is 10.8. The van der Waals surface area contributed by atoms with E-state index in [1.807, 2.05) is 13.8 Å². The molecule has 2 amide bonds. The van der Waals surface area contributed by atoms with E-state index in [0.717, 1.165) is 22.5 Å². The zero-order valence-electron chi connectivity index (χ0n) is 21.4. The molecule has 36 heavy (non-hydrogen) atoms. The third-order valence-electron chi connectivity index (χ3n) is 5.77. The summed E-state index contributed by atoms with van der Waals surface area (Å²) in [5.74, 6) is -0.200. The van der Waals surface area contributed by atoms with Crippen molar-refractivity contribution in [3.8, 4) is 11.5 Å². The van der Waals surface area contributed by atoms with Crippen LogP contribution < -0.4 is 19.1 Å². The first-order chi connectivity index (χ1) is 16.9. The van der Waals surface area contributed by atoms with E-state index in [-0.39, 0.29) is 29.9 Å². The summed E-state index contributed by atoms with van der Waals surface area (Å²) in [6.45, 7) is 4.98. The van der Waals surface area contributed by atoms with Crippen LogP contribution in [-0.2, 0) is 26.2 Å². The van der Waals surface area contributed by atoms with Crippen LogP contribution in [-0.4, -0.2) is 64.2 Å². The highest BCUT2D eigenvalue weighted by Gasteiger charge is 2.31. The summed E-state index contributed by atoms with van der Waals surface area (Å²) in [6, 6.07) is 10.6. The van der Waals surface area contributed by atoms with Gasteiger partial charge in [-0.3, -0.25) is 13.9 Å². The maximum atomic E-state index is 13.6. The molecule has 0 aliphatic heterocycles. The van der Waals surface area contributed by atoms with Crippen LogP contribution >= 0.6 is 11.6 Å². The van der Waals surface area contributed by atoms with Gasteiger partial charge in [-0.2, -0.15) is 0 Å². The fourth-order valence-electron chi connectivity index (χ4n) is 3.42. The molecule has 0 heterocycles. The van der Waals surface area contributed by atoms with E-state index in [9.17, 15) is 18.0 Å². The van der Waals surface area contributed by atoms with Crippen molar-refractivity contribution < 1.29 is 27.5 Å². The van der Waals surface area contributed by atoms with Gasteiger partial charge in [0.1, 0.15) is 24.1 Å². The van der Waals surface area contributed by atoms with Crippen LogP contribution in [0.1, 0.15) is 32.8 Å². The second kappa shape index (κ2) is 12.8. The third-order valence-corrected chi connectivity index (χ3v) is 7.15. The molecule has 0 spiro atoms. The maximum absolute atomic E-state index is 13.6. The first-order valence-electron chi connectivity index (χ1n) is 11.4. The number of hydrogen-bond acceptors (Lipinski definition) is 6. The van der Waals surface area contributed by atoms with E-state index < -0.39 is 28.5 Å². The lowest BCUT2D eigenvalue weighted by Gasteiger charge is -2.32. The highest BCUT2D eigenvalue weighted by atomic mass is 35.5. The lowest BCUT2D eigenvalue weighted by atomic mass is 10.1. The molecule has 11 heteroatoms. The van der Waals surface area contributed by atoms with E-state index in [4.69, 9.17) is 21.1 Å². The molecule has 9 nitrogen and oxygen atoms in total. The van der Waals surface area contributed by atoms with Crippen molar-refractivity contribution in [2.75, 3.05) is 31.3 Å². The van der Waals surface area contributed by atoms with Gasteiger partial charge >= 0.3 is 0 Å². The molecule has 0 fully saturated rings. The molecule has 2 atom stereocenters. The average molecular weight is 540 g/mol. The van der Waals surface area contributed by atoms with Crippen molar-refractivity contribution in [1.29, 1.82) is 0 Å². The number of amides is 2. The lowest BCUT2D eigenvalue weighted by molar-refractivity contribution is -0.139. The Balaban J connectivity index is 2.45. The Kier molecular flexibility index (Phi) is 10.4. The predicted octanol–water partition coefficient (Wildman–Crippen LogP) is 3.46. The van der Waals surface area contributed by atoms with Crippen molar-refractivity contribution in [2.24, 2.45) is 0 Å². The number of carbonyl (C=O) groups is 2. The van der Waals surface area contributed by atoms with Gasteiger partial charge in [-0.25, -0.2) is 8.42 Å². The fraction of sp³-hybridized carbons (Fsp3) is 0.440. The lowest BCUT2D eigenvalue weighted by Crippen LogP contribution is -2.52. The molecule has 0 radical (unpaired) electrons. The van der Waals surface area contributed by atoms with E-state index in [1.165, 1.54) is 31.3 Å². The third kappa shape index (κ3) is 7.76. The van der Waals surface area contributed by atoms with Gasteiger partial charge in [0.25, 0.3) is 0 Å². The summed E-state index contributed by atoms with van der Waals surface area (Å²) >= 11 is 6.00. The summed E-state index contributed by atoms with van der Waals surface area (Å²) in [5.41, 5.74) is 0.918. The fourth-order valence-corrected chi connectivity index (χ4v) is 4.40. The smallest absolute Gasteiger partial charge is 0.244 e. The molecular weight excluding hydrogens is 506 g/mol. The average Bonchev–Trinajstić information content (AvgIpc) is 2.85. The van der Waals surface area contributed by atoms with E-state index in [0.29, 0.717) is 10.8 Å². The molecular formula is C25H34ClN3O6S. The molecule has 2 rings (SSSR count). The first-order valence-corrected chi connectivity index (χ1v) is 13.7. The monoisotopic (exact) mass is 539 g/mol. The Hall–Kier alpha value is -2.98. The standard InChI is InChI=1S/C25H34ClN3O6S/c1-7-17(2)27-25(31)18(3)28(15-19-8-10-20(26)11-9-19)24(30)16-29(36(6,32)33)22-13-12-21(34-4)14-23(22)35-5/h8-14,17-18H,7,15-16H2,1-6H3,(H,27,31)/t17-,18-/m1/s1. The van der Waals surface area contributed by atoms with Gasteiger partial charge in [0.2, 0.25) is 21.8 Å². The Bertz CT molecular complexity index is 1160. The number of halogens is 1. The van der Waals surface area contributed by atoms with Gasteiger partial charge in [0.15, 0.2) is 0 Å². The first kappa shape index (κ1) is 29.3. The zero-order chi connectivity index (χ0) is 27.0. The number of ether oxygens (including phenoxy) is 2. The highest BCUT2D eigenvalue weighted by molar-refractivity contribution is 7.92. The summed E-state index contributed by atoms with van der Waals surface area (Å²) in [5, 5.41) is 3.42. The number of hydrogen-bond donors (Lipinski definition) is 1. The number of sulfonamides is 1. The Labute approximate surface area is 218 Å². The molecule has 2 aromatic rings. The summed E-state index contributed by atoms with van der Waals surface area (Å²) < 4.78 is 37.1. The van der Waals surface area contributed by atoms with Gasteiger partial charge in [0.05, 0.1) is 26.2 Å². The summed E-state index contributed by atoms with van der Waals surface area (Å²) in [7, 11) is -1.02. The van der Waals surface area contributed by atoms with Crippen molar-refractivity contribution in [3.63, 3.8) is 0 Å². The molecule has 198 valence electrons. The molecule has 0 aliphatic rings. The molecule has 2 aromatic carbocycles. The normalized spacial score (nSPS) is 12.9. The van der Waals surface area contributed by atoms with Crippen molar-refractivity contribution in [1.82, 2.24) is 10.2 Å². The minimum absolute atomic E-state index is 0.0801. The van der Waals surface area contributed by atoms with E-state index >= 15 is 0 Å². The van der Waals surface area contributed by atoms with Crippen molar-refractivity contribution in [2.45, 2.75) is 45.8 Å². The Morgan fingerprint density at radius 2 is 1.69 bits per heavy atom. The van der Waals surface area contributed by atoms with Crippen LogP contribution in [0.5, 0.6) is 11.5 Å². The molecule has 0 aliphatic carbocycles. The number of benzene rings is 2. The van der Waals surface area contributed by atoms with E-state index in [1.54, 1.807) is 37.3 Å². The number of methoxy groups -OCH3 is 2. The molecule has 0 unspecified atom stereocenters.